The van der Waals surface area contributed by atoms with Crippen molar-refractivity contribution in [2.24, 2.45) is 0 Å². The van der Waals surface area contributed by atoms with Crippen molar-refractivity contribution >= 4 is 17.5 Å². The second kappa shape index (κ2) is 10.1. The van der Waals surface area contributed by atoms with Gasteiger partial charge in [-0.15, -0.1) is 0 Å². The lowest BCUT2D eigenvalue weighted by molar-refractivity contribution is -0.134. The number of hydrogen-bond acceptors (Lipinski definition) is 6. The Morgan fingerprint density at radius 2 is 1.91 bits per heavy atom. The fourth-order valence-corrected chi connectivity index (χ4v) is 3.96. The zero-order valence-corrected chi connectivity index (χ0v) is 18.6. The molecule has 1 aromatic heterocycles. The molecule has 4 rings (SSSR count). The van der Waals surface area contributed by atoms with Crippen LogP contribution < -0.4 is 19.5 Å². The molecule has 2 amide bonds. The number of amides is 2. The molecule has 8 nitrogen and oxygen atoms in total. The van der Waals surface area contributed by atoms with Gasteiger partial charge in [0, 0.05) is 18.3 Å². The number of anilines is 1. The molecule has 1 saturated heterocycles. The van der Waals surface area contributed by atoms with Crippen LogP contribution >= 0.6 is 0 Å². The van der Waals surface area contributed by atoms with Crippen molar-refractivity contribution in [3.8, 4) is 17.2 Å². The first-order chi connectivity index (χ1) is 16.1. The first-order valence-electron chi connectivity index (χ1n) is 10.7. The number of likely N-dealkylation sites (tertiary alicyclic amines) is 1. The molecule has 1 atom stereocenters. The summed E-state index contributed by atoms with van der Waals surface area (Å²) >= 11 is 0. The number of ether oxygens (including phenoxy) is 3. The molecule has 0 saturated carbocycles. The molecule has 0 spiro atoms. The van der Waals surface area contributed by atoms with Crippen LogP contribution in [0.1, 0.15) is 35.0 Å². The first kappa shape index (κ1) is 22.3. The molecule has 1 unspecified atom stereocenters. The second-order valence-corrected chi connectivity index (χ2v) is 7.61. The molecule has 172 valence electrons. The summed E-state index contributed by atoms with van der Waals surface area (Å²) in [5.41, 5.74) is 1.55. The normalized spacial score (nSPS) is 15.2. The summed E-state index contributed by atoms with van der Waals surface area (Å²) in [7, 11) is 3.19. The highest BCUT2D eigenvalue weighted by Gasteiger charge is 2.30. The molecule has 0 aliphatic carbocycles. The third-order valence-corrected chi connectivity index (χ3v) is 5.56. The quantitative estimate of drug-likeness (QED) is 0.551. The molecule has 3 aromatic rings. The van der Waals surface area contributed by atoms with Crippen molar-refractivity contribution in [3.63, 3.8) is 0 Å². The maximum absolute atomic E-state index is 13.0. The van der Waals surface area contributed by atoms with Crippen LogP contribution in [0.5, 0.6) is 17.2 Å². The van der Waals surface area contributed by atoms with Gasteiger partial charge in [0.05, 0.1) is 26.5 Å². The number of carbonyl (C=O) groups excluding carboxylic acids is 2. The van der Waals surface area contributed by atoms with Crippen molar-refractivity contribution in [3.05, 3.63) is 72.2 Å². The second-order valence-electron chi connectivity index (χ2n) is 7.61. The number of hydrogen-bond donors (Lipinski definition) is 1. The third-order valence-electron chi connectivity index (χ3n) is 5.56. The van der Waals surface area contributed by atoms with E-state index < -0.39 is 0 Å². The van der Waals surface area contributed by atoms with Crippen LogP contribution in [0.25, 0.3) is 0 Å². The van der Waals surface area contributed by atoms with Crippen LogP contribution in [-0.2, 0) is 4.79 Å². The number of rotatable bonds is 8. The van der Waals surface area contributed by atoms with Crippen molar-refractivity contribution in [1.29, 1.82) is 0 Å². The fraction of sp³-hybridized carbons (Fsp3) is 0.280. The summed E-state index contributed by atoms with van der Waals surface area (Å²) in [5.74, 6) is 1.54. The number of benzene rings is 2. The smallest absolute Gasteiger partial charge is 0.291 e. The van der Waals surface area contributed by atoms with E-state index in [2.05, 4.69) is 5.32 Å². The molecule has 2 aromatic carbocycles. The summed E-state index contributed by atoms with van der Waals surface area (Å²) < 4.78 is 21.6. The lowest BCUT2D eigenvalue weighted by atomic mass is 10.0. The van der Waals surface area contributed by atoms with E-state index in [1.165, 1.54) is 6.26 Å². The predicted octanol–water partition coefficient (Wildman–Crippen LogP) is 4.29. The SMILES string of the molecule is COc1ccc(C2CCCN2C(=O)COc2cccc(NC(=O)c3ccco3)c2)cc1OC. The van der Waals surface area contributed by atoms with Gasteiger partial charge in [-0.25, -0.2) is 0 Å². The molecule has 1 aliphatic heterocycles. The average Bonchev–Trinajstić information content (AvgIpc) is 3.55. The van der Waals surface area contributed by atoms with E-state index in [0.717, 1.165) is 18.4 Å². The molecule has 33 heavy (non-hydrogen) atoms. The van der Waals surface area contributed by atoms with E-state index in [4.69, 9.17) is 18.6 Å². The van der Waals surface area contributed by atoms with Crippen LogP contribution in [0.3, 0.4) is 0 Å². The molecular weight excluding hydrogens is 424 g/mol. The van der Waals surface area contributed by atoms with Crippen LogP contribution in [0.2, 0.25) is 0 Å². The first-order valence-corrected chi connectivity index (χ1v) is 10.7. The largest absolute Gasteiger partial charge is 0.493 e. The Bertz CT molecular complexity index is 1110. The molecule has 0 radical (unpaired) electrons. The molecule has 8 heteroatoms. The van der Waals surface area contributed by atoms with E-state index in [1.54, 1.807) is 50.6 Å². The van der Waals surface area contributed by atoms with Gasteiger partial charge in [-0.1, -0.05) is 12.1 Å². The minimum atomic E-state index is -0.358. The van der Waals surface area contributed by atoms with Gasteiger partial charge in [0.2, 0.25) is 0 Å². The lowest BCUT2D eigenvalue weighted by Crippen LogP contribution is -2.34. The Balaban J connectivity index is 1.39. The Hall–Kier alpha value is -3.94. The molecule has 1 N–H and O–H groups in total. The van der Waals surface area contributed by atoms with Gasteiger partial charge < -0.3 is 28.8 Å². The lowest BCUT2D eigenvalue weighted by Gasteiger charge is -2.25. The van der Waals surface area contributed by atoms with Gasteiger partial charge in [-0.2, -0.15) is 0 Å². The van der Waals surface area contributed by atoms with Gasteiger partial charge >= 0.3 is 0 Å². The predicted molar refractivity (Wildman–Crippen MR) is 122 cm³/mol. The van der Waals surface area contributed by atoms with Crippen LogP contribution in [0, 0.1) is 0 Å². The number of furan rings is 1. The molecular formula is C25H26N2O6. The van der Waals surface area contributed by atoms with E-state index in [9.17, 15) is 9.59 Å². The monoisotopic (exact) mass is 450 g/mol. The van der Waals surface area contributed by atoms with E-state index >= 15 is 0 Å². The zero-order chi connectivity index (χ0) is 23.2. The van der Waals surface area contributed by atoms with Crippen LogP contribution in [0.15, 0.2) is 65.3 Å². The molecule has 1 fully saturated rings. The number of methoxy groups -OCH3 is 2. The minimum Gasteiger partial charge on any atom is -0.493 e. The number of nitrogens with one attached hydrogen (secondary N) is 1. The summed E-state index contributed by atoms with van der Waals surface area (Å²) in [6.07, 6.45) is 3.22. The molecule has 2 heterocycles. The van der Waals surface area contributed by atoms with E-state index in [1.807, 2.05) is 23.1 Å². The summed E-state index contributed by atoms with van der Waals surface area (Å²) in [6, 6.07) is 15.8. The van der Waals surface area contributed by atoms with Crippen LogP contribution in [-0.4, -0.2) is 44.1 Å². The highest BCUT2D eigenvalue weighted by atomic mass is 16.5. The maximum atomic E-state index is 13.0. The standard InChI is InChI=1S/C25H26N2O6/c1-30-21-11-10-17(14-23(21)31-2)20-8-4-12-27(20)24(28)16-33-19-7-3-6-18(15-19)26-25(29)22-9-5-13-32-22/h3,5-7,9-11,13-15,20H,4,8,12,16H2,1-2H3,(H,26,29). The Morgan fingerprint density at radius 3 is 2.67 bits per heavy atom. The number of carbonyl (C=O) groups is 2. The zero-order valence-electron chi connectivity index (χ0n) is 18.6. The van der Waals surface area contributed by atoms with E-state index in [-0.39, 0.29) is 30.2 Å². The van der Waals surface area contributed by atoms with Gasteiger partial charge in [-0.3, -0.25) is 9.59 Å². The fourth-order valence-electron chi connectivity index (χ4n) is 3.96. The van der Waals surface area contributed by atoms with Gasteiger partial charge in [0.25, 0.3) is 11.8 Å². The van der Waals surface area contributed by atoms with Gasteiger partial charge in [0.15, 0.2) is 23.9 Å². The van der Waals surface area contributed by atoms with Crippen LogP contribution in [0.4, 0.5) is 5.69 Å². The Morgan fingerprint density at radius 1 is 1.06 bits per heavy atom. The molecule has 0 bridgehead atoms. The summed E-state index contributed by atoms with van der Waals surface area (Å²) in [4.78, 5) is 27.0. The summed E-state index contributed by atoms with van der Waals surface area (Å²) in [6.45, 7) is 0.569. The minimum absolute atomic E-state index is 0.0418. The summed E-state index contributed by atoms with van der Waals surface area (Å²) in [5, 5.41) is 2.75. The van der Waals surface area contributed by atoms with Crippen molar-refractivity contribution < 1.29 is 28.2 Å². The third kappa shape index (κ3) is 5.11. The molecule has 1 aliphatic rings. The average molecular weight is 450 g/mol. The van der Waals surface area contributed by atoms with E-state index in [0.29, 0.717) is 29.5 Å². The highest BCUT2D eigenvalue weighted by molar-refractivity contribution is 6.02. The van der Waals surface area contributed by atoms with Crippen molar-refractivity contribution in [2.75, 3.05) is 32.7 Å². The van der Waals surface area contributed by atoms with Crippen molar-refractivity contribution in [1.82, 2.24) is 4.90 Å². The Labute approximate surface area is 192 Å². The number of nitrogens with zero attached hydrogens (tertiary/aromatic N) is 1. The maximum Gasteiger partial charge on any atom is 0.291 e. The topological polar surface area (TPSA) is 90.2 Å². The Kier molecular flexibility index (Phi) is 6.83. The van der Waals surface area contributed by atoms with Gasteiger partial charge in [0.1, 0.15) is 5.75 Å². The highest BCUT2D eigenvalue weighted by Crippen LogP contribution is 2.37. The van der Waals surface area contributed by atoms with Crippen molar-refractivity contribution in [2.45, 2.75) is 18.9 Å². The van der Waals surface area contributed by atoms with Gasteiger partial charge in [-0.05, 0) is 54.8 Å².